The monoisotopic (exact) mass is 226 g/mol. The highest BCUT2D eigenvalue weighted by Crippen LogP contribution is 1.94. The van der Waals surface area contributed by atoms with E-state index in [1.165, 1.54) is 0 Å². The lowest BCUT2D eigenvalue weighted by Crippen LogP contribution is -2.05. The summed E-state index contributed by atoms with van der Waals surface area (Å²) in [5.41, 5.74) is -1.20. The van der Waals surface area contributed by atoms with Crippen LogP contribution in [0, 0.1) is 0 Å². The molecule has 0 fully saturated rings. The highest BCUT2D eigenvalue weighted by atomic mass is 35.5. The molecule has 0 aliphatic carbocycles. The number of rotatable bonds is 3. The molecule has 0 amide bonds. The maximum Gasteiger partial charge on any atom is 0.403 e. The molecule has 0 saturated carbocycles. The molecule has 0 heterocycles. The van der Waals surface area contributed by atoms with E-state index in [2.05, 4.69) is 16.3 Å². The molecule has 0 rings (SSSR count). The number of halogens is 5. The fourth-order valence-electron chi connectivity index (χ4n) is 0.129. The predicted octanol–water partition coefficient (Wildman–Crippen LogP) is 1.87. The average molecular weight is 227 g/mol. The summed E-state index contributed by atoms with van der Waals surface area (Å²) in [5, 5.41) is 7.39. The normalized spacial score (nSPS) is 9.54. The lowest BCUT2D eigenvalue weighted by atomic mass is 10.8. The van der Waals surface area contributed by atoms with Gasteiger partial charge in [-0.3, -0.25) is 0 Å². The van der Waals surface area contributed by atoms with Gasteiger partial charge in [-0.15, -0.1) is 0 Å². The van der Waals surface area contributed by atoms with Crippen LogP contribution in [0.4, 0.5) is 22.4 Å². The van der Waals surface area contributed by atoms with E-state index < -0.39 is 31.5 Å². The molecule has 0 aromatic heterocycles. The number of aliphatic hydroxyl groups excluding tert-OH is 1. The van der Waals surface area contributed by atoms with Crippen molar-refractivity contribution in [3.05, 3.63) is 0 Å². The van der Waals surface area contributed by atoms with Gasteiger partial charge in [0.15, 0.2) is 6.61 Å². The van der Waals surface area contributed by atoms with Gasteiger partial charge >= 0.3 is 5.43 Å². The number of ether oxygens (including phenoxy) is 1. The van der Waals surface area contributed by atoms with E-state index >= 15 is 0 Å². The fraction of sp³-hybridized carbons (Fsp3) is 0.800. The van der Waals surface area contributed by atoms with Gasteiger partial charge in [0.1, 0.15) is 6.61 Å². The molecule has 0 aliphatic heterocycles. The van der Waals surface area contributed by atoms with Crippen LogP contribution in [-0.4, -0.2) is 36.6 Å². The highest BCUT2D eigenvalue weighted by Gasteiger charge is 2.04. The third-order valence-corrected chi connectivity index (χ3v) is 0.570. The largest absolute Gasteiger partial charge is 0.448 e. The Labute approximate surface area is 76.2 Å². The summed E-state index contributed by atoms with van der Waals surface area (Å²) in [6, 6.07) is 0. The summed E-state index contributed by atoms with van der Waals surface area (Å²) in [5.74, 6) is 0. The van der Waals surface area contributed by atoms with Crippen molar-refractivity contribution in [1.82, 2.24) is 0 Å². The number of carbonyl (C=O) groups is 1. The van der Waals surface area contributed by atoms with Gasteiger partial charge in [0.25, 0.3) is 12.9 Å². The van der Waals surface area contributed by atoms with Crippen LogP contribution in [0.5, 0.6) is 0 Å². The quantitative estimate of drug-likeness (QED) is 0.590. The SMILES string of the molecule is O=C(Cl)OCC(F)F.OCC(F)F. The second kappa shape index (κ2) is 9.53. The van der Waals surface area contributed by atoms with Crippen molar-refractivity contribution in [2.75, 3.05) is 13.2 Å². The number of carbonyl (C=O) groups excluding carboxylic acids is 1. The van der Waals surface area contributed by atoms with Crippen molar-refractivity contribution >= 4 is 17.0 Å². The lowest BCUT2D eigenvalue weighted by Gasteiger charge is -1.95. The zero-order chi connectivity index (χ0) is 10.9. The molecule has 8 heteroatoms. The van der Waals surface area contributed by atoms with Crippen LogP contribution in [0.25, 0.3) is 0 Å². The van der Waals surface area contributed by atoms with E-state index in [1.54, 1.807) is 0 Å². The minimum absolute atomic E-state index is 0.928. The van der Waals surface area contributed by atoms with Gasteiger partial charge in [-0.05, 0) is 0 Å². The molecule has 0 aromatic rings. The average Bonchev–Trinajstić information content (AvgIpc) is 2.02. The zero-order valence-electron chi connectivity index (χ0n) is 6.22. The Bertz CT molecular complexity index is 133. The molecule has 0 aliphatic rings. The van der Waals surface area contributed by atoms with Gasteiger partial charge in [-0.25, -0.2) is 22.4 Å². The molecule has 0 unspecified atom stereocenters. The molecule has 3 nitrogen and oxygen atoms in total. The van der Waals surface area contributed by atoms with Crippen LogP contribution in [0.2, 0.25) is 0 Å². The third-order valence-electron chi connectivity index (χ3n) is 0.461. The minimum Gasteiger partial charge on any atom is -0.448 e. The Morgan fingerprint density at radius 2 is 1.69 bits per heavy atom. The number of alkyl halides is 4. The first-order valence-corrected chi connectivity index (χ1v) is 3.27. The molecule has 1 N–H and O–H groups in total. The predicted molar refractivity (Wildman–Crippen MR) is 36.3 cm³/mol. The molecule has 13 heavy (non-hydrogen) atoms. The molecule has 80 valence electrons. The van der Waals surface area contributed by atoms with E-state index in [0.717, 1.165) is 0 Å². The molecule has 0 aromatic carbocycles. The number of aliphatic hydroxyl groups is 1. The van der Waals surface area contributed by atoms with E-state index in [1.807, 2.05) is 0 Å². The van der Waals surface area contributed by atoms with Gasteiger partial charge in [0, 0.05) is 11.6 Å². The van der Waals surface area contributed by atoms with Crippen LogP contribution in [-0.2, 0) is 4.74 Å². The first-order chi connectivity index (χ1) is 5.90. The Balaban J connectivity index is 0. The summed E-state index contributed by atoms with van der Waals surface area (Å²) in [6.07, 6.45) is -5.20. The van der Waals surface area contributed by atoms with Gasteiger partial charge in [0.2, 0.25) is 0 Å². The lowest BCUT2D eigenvalue weighted by molar-refractivity contribution is 0.0593. The Morgan fingerprint density at radius 3 is 1.77 bits per heavy atom. The smallest absolute Gasteiger partial charge is 0.403 e. The van der Waals surface area contributed by atoms with Crippen molar-refractivity contribution in [2.24, 2.45) is 0 Å². The Morgan fingerprint density at radius 1 is 1.31 bits per heavy atom. The van der Waals surface area contributed by atoms with E-state index in [0.29, 0.717) is 0 Å². The molecular weight excluding hydrogens is 219 g/mol. The third kappa shape index (κ3) is 24.6. The topological polar surface area (TPSA) is 46.5 Å². The van der Waals surface area contributed by atoms with Crippen LogP contribution >= 0.6 is 11.6 Å². The van der Waals surface area contributed by atoms with Crippen LogP contribution < -0.4 is 0 Å². The van der Waals surface area contributed by atoms with Crippen molar-refractivity contribution < 1.29 is 32.2 Å². The summed E-state index contributed by atoms with van der Waals surface area (Å²) in [7, 11) is 0. The van der Waals surface area contributed by atoms with Gasteiger partial charge in [0.05, 0.1) is 0 Å². The maximum absolute atomic E-state index is 11.1. The molecule has 0 saturated heterocycles. The highest BCUT2D eigenvalue weighted by molar-refractivity contribution is 6.61. The first kappa shape index (κ1) is 14.9. The van der Waals surface area contributed by atoms with Crippen molar-refractivity contribution in [3.8, 4) is 0 Å². The summed E-state index contributed by atoms with van der Waals surface area (Å²) >= 11 is 4.53. The molecule has 0 spiro atoms. The van der Waals surface area contributed by atoms with Crippen LogP contribution in [0.3, 0.4) is 0 Å². The maximum atomic E-state index is 11.1. The van der Waals surface area contributed by atoms with Crippen LogP contribution in [0.1, 0.15) is 0 Å². The molecule has 0 radical (unpaired) electrons. The summed E-state index contributed by atoms with van der Waals surface area (Å²) in [4.78, 5) is 9.56. The second-order valence-corrected chi connectivity index (χ2v) is 1.82. The molecular formula is C5H7ClF4O3. The van der Waals surface area contributed by atoms with Crippen molar-refractivity contribution in [1.29, 1.82) is 0 Å². The second-order valence-electron chi connectivity index (χ2n) is 1.51. The summed E-state index contributed by atoms with van der Waals surface area (Å²) in [6.45, 7) is -1.96. The summed E-state index contributed by atoms with van der Waals surface area (Å²) < 4.78 is 46.8. The van der Waals surface area contributed by atoms with Gasteiger partial charge in [-0.2, -0.15) is 0 Å². The zero-order valence-corrected chi connectivity index (χ0v) is 6.98. The van der Waals surface area contributed by atoms with Gasteiger partial charge in [-0.1, -0.05) is 0 Å². The van der Waals surface area contributed by atoms with E-state index in [4.69, 9.17) is 5.11 Å². The van der Waals surface area contributed by atoms with E-state index in [-0.39, 0.29) is 0 Å². The van der Waals surface area contributed by atoms with Crippen molar-refractivity contribution in [2.45, 2.75) is 12.9 Å². The fourth-order valence-corrected chi connectivity index (χ4v) is 0.192. The first-order valence-electron chi connectivity index (χ1n) is 2.89. The van der Waals surface area contributed by atoms with E-state index in [9.17, 15) is 22.4 Å². The molecule has 0 bridgehead atoms. The Kier molecular flexibility index (Phi) is 10.9. The Hall–Kier alpha value is -0.560. The van der Waals surface area contributed by atoms with Crippen LogP contribution in [0.15, 0.2) is 0 Å². The minimum atomic E-state index is -2.64. The number of hydrogen-bond donors (Lipinski definition) is 1. The standard InChI is InChI=1S/C3H3ClF2O2.C2H4F2O/c4-3(7)8-1-2(5)6;3-2(4)1-5/h2H,1H2;2,5H,1H2. The van der Waals surface area contributed by atoms with Crippen molar-refractivity contribution in [3.63, 3.8) is 0 Å². The van der Waals surface area contributed by atoms with Gasteiger partial charge < -0.3 is 9.84 Å². The number of hydrogen-bond acceptors (Lipinski definition) is 3. The molecule has 0 atom stereocenters.